The lowest BCUT2D eigenvalue weighted by Gasteiger charge is -2.34. The minimum Gasteiger partial charge on any atom is -0.455 e. The number of rotatable bonds is 5. The van der Waals surface area contributed by atoms with Crippen molar-refractivity contribution in [3.8, 4) is 0 Å². The summed E-state index contributed by atoms with van der Waals surface area (Å²) in [5, 5.41) is 0. The van der Waals surface area contributed by atoms with Crippen molar-refractivity contribution < 1.29 is 27.1 Å². The minimum atomic E-state index is -3.80. The summed E-state index contributed by atoms with van der Waals surface area (Å²) in [5.41, 5.74) is 0. The molecule has 2 fully saturated rings. The zero-order valence-electron chi connectivity index (χ0n) is 15.7. The van der Waals surface area contributed by atoms with Gasteiger partial charge in [-0.3, -0.25) is 9.59 Å². The van der Waals surface area contributed by atoms with Crippen LogP contribution in [0.25, 0.3) is 0 Å². The maximum Gasteiger partial charge on any atom is 0.309 e. The van der Waals surface area contributed by atoms with Crippen LogP contribution in [0.2, 0.25) is 0 Å². The van der Waals surface area contributed by atoms with E-state index in [0.717, 1.165) is 38.2 Å². The van der Waals surface area contributed by atoms with E-state index in [2.05, 4.69) is 0 Å². The van der Waals surface area contributed by atoms with Crippen LogP contribution in [0.3, 0.4) is 0 Å². The van der Waals surface area contributed by atoms with E-state index in [0.29, 0.717) is 0 Å². The second-order valence-corrected chi connectivity index (χ2v) is 9.12. The van der Waals surface area contributed by atoms with E-state index in [1.165, 1.54) is 27.4 Å². The van der Waals surface area contributed by atoms with Gasteiger partial charge in [0.05, 0.1) is 10.8 Å². The number of nitrogens with zero attached hydrogens (tertiary/aromatic N) is 2. The molecule has 1 aliphatic carbocycles. The van der Waals surface area contributed by atoms with Crippen LogP contribution in [-0.4, -0.2) is 62.3 Å². The zero-order chi connectivity index (χ0) is 20.1. The van der Waals surface area contributed by atoms with Crippen molar-refractivity contribution in [1.82, 2.24) is 9.21 Å². The molecule has 1 saturated carbocycles. The Bertz CT molecular complexity index is 815. The van der Waals surface area contributed by atoms with Crippen LogP contribution in [0.15, 0.2) is 29.2 Å². The highest BCUT2D eigenvalue weighted by Gasteiger charge is 2.31. The van der Waals surface area contributed by atoms with Gasteiger partial charge in [0.15, 0.2) is 6.61 Å². The summed E-state index contributed by atoms with van der Waals surface area (Å²) in [5.74, 6) is -1.38. The third kappa shape index (κ3) is 4.88. The number of ether oxygens (including phenoxy) is 1. The number of carbonyl (C=O) groups is 2. The van der Waals surface area contributed by atoms with E-state index in [1.807, 2.05) is 0 Å². The predicted octanol–water partition coefficient (Wildman–Crippen LogP) is 1.78. The highest BCUT2D eigenvalue weighted by atomic mass is 32.2. The number of amides is 1. The summed E-state index contributed by atoms with van der Waals surface area (Å²) in [6.45, 7) is 0.316. The van der Waals surface area contributed by atoms with Gasteiger partial charge >= 0.3 is 5.97 Å². The third-order valence-electron chi connectivity index (χ3n) is 5.30. The van der Waals surface area contributed by atoms with Crippen molar-refractivity contribution in [3.63, 3.8) is 0 Å². The summed E-state index contributed by atoms with van der Waals surface area (Å²) in [4.78, 5) is 25.7. The molecule has 1 aromatic carbocycles. The van der Waals surface area contributed by atoms with Crippen LogP contribution in [0.4, 0.5) is 4.39 Å². The molecule has 0 aromatic heterocycles. The molecule has 154 valence electrons. The molecule has 1 saturated heterocycles. The molecule has 0 spiro atoms. The van der Waals surface area contributed by atoms with E-state index >= 15 is 0 Å². The fraction of sp³-hybridized carbons (Fsp3) is 0.579. The Hall–Kier alpha value is -2.00. The summed E-state index contributed by atoms with van der Waals surface area (Å²) >= 11 is 0. The second-order valence-electron chi connectivity index (χ2n) is 7.18. The van der Waals surface area contributed by atoms with Gasteiger partial charge < -0.3 is 9.64 Å². The number of esters is 1. The summed E-state index contributed by atoms with van der Waals surface area (Å²) in [6.07, 6.45) is 4.77. The first kappa shape index (κ1) is 20.7. The van der Waals surface area contributed by atoms with Gasteiger partial charge in [0.2, 0.25) is 10.0 Å². The Morgan fingerprint density at radius 3 is 2.39 bits per heavy atom. The molecule has 3 rings (SSSR count). The van der Waals surface area contributed by atoms with Crippen LogP contribution < -0.4 is 0 Å². The third-order valence-corrected chi connectivity index (χ3v) is 7.20. The van der Waals surface area contributed by atoms with E-state index in [4.69, 9.17) is 4.74 Å². The smallest absolute Gasteiger partial charge is 0.309 e. The number of benzene rings is 1. The highest BCUT2D eigenvalue weighted by molar-refractivity contribution is 7.89. The van der Waals surface area contributed by atoms with E-state index in [1.54, 1.807) is 0 Å². The lowest BCUT2D eigenvalue weighted by Crippen LogP contribution is -2.51. The van der Waals surface area contributed by atoms with Gasteiger partial charge in [-0.15, -0.1) is 0 Å². The Morgan fingerprint density at radius 2 is 1.75 bits per heavy atom. The van der Waals surface area contributed by atoms with Crippen molar-refractivity contribution in [2.45, 2.75) is 37.0 Å². The van der Waals surface area contributed by atoms with Crippen molar-refractivity contribution in [3.05, 3.63) is 30.1 Å². The summed E-state index contributed by atoms with van der Waals surface area (Å²) in [6, 6.07) is 4.87. The zero-order valence-corrected chi connectivity index (χ0v) is 16.5. The van der Waals surface area contributed by atoms with Gasteiger partial charge in [-0.1, -0.05) is 25.3 Å². The molecule has 0 N–H and O–H groups in total. The Morgan fingerprint density at radius 1 is 1.07 bits per heavy atom. The number of carbonyl (C=O) groups excluding carboxylic acids is 2. The number of halogens is 1. The van der Waals surface area contributed by atoms with Crippen molar-refractivity contribution in [1.29, 1.82) is 0 Å². The van der Waals surface area contributed by atoms with Crippen molar-refractivity contribution in [2.24, 2.45) is 5.92 Å². The Balaban J connectivity index is 1.49. The minimum absolute atomic E-state index is 0.103. The average molecular weight is 412 g/mol. The normalized spacial score (nSPS) is 19.4. The molecule has 28 heavy (non-hydrogen) atoms. The van der Waals surface area contributed by atoms with Crippen LogP contribution in [-0.2, 0) is 24.3 Å². The number of hydrogen-bond donors (Lipinski definition) is 0. The average Bonchev–Trinajstić information content (AvgIpc) is 2.72. The van der Waals surface area contributed by atoms with Crippen molar-refractivity contribution in [2.75, 3.05) is 32.8 Å². The largest absolute Gasteiger partial charge is 0.455 e. The lowest BCUT2D eigenvalue weighted by molar-refractivity contribution is -0.156. The molecule has 2 aliphatic rings. The molecule has 0 radical (unpaired) electrons. The molecule has 1 heterocycles. The SMILES string of the molecule is O=C(OCC(=O)N1CCN(S(=O)(=O)c2cccc(F)c2)CC1)C1CCCCC1. The van der Waals surface area contributed by atoms with Crippen LogP contribution in [0, 0.1) is 11.7 Å². The van der Waals surface area contributed by atoms with Gasteiger partial charge in [0.1, 0.15) is 5.82 Å². The quantitative estimate of drug-likeness (QED) is 0.689. The van der Waals surface area contributed by atoms with Gasteiger partial charge in [0, 0.05) is 26.2 Å². The first-order chi connectivity index (χ1) is 13.4. The maximum atomic E-state index is 13.3. The summed E-state index contributed by atoms with van der Waals surface area (Å²) in [7, 11) is -3.80. The van der Waals surface area contributed by atoms with Crippen LogP contribution in [0.1, 0.15) is 32.1 Å². The molecule has 1 aromatic rings. The first-order valence-corrected chi connectivity index (χ1v) is 11.0. The Labute approximate surface area is 164 Å². The molecule has 9 heteroatoms. The van der Waals surface area contributed by atoms with Gasteiger partial charge in [0.25, 0.3) is 5.91 Å². The molecule has 1 amide bonds. The van der Waals surface area contributed by atoms with Gasteiger partial charge in [-0.2, -0.15) is 4.31 Å². The standard InChI is InChI=1S/C19H25FN2O5S/c20-16-7-4-8-17(13-16)28(25,26)22-11-9-21(10-12-22)18(23)14-27-19(24)15-5-2-1-3-6-15/h4,7-8,13,15H,1-3,5-6,9-12,14H2. The van der Waals surface area contributed by atoms with Gasteiger partial charge in [-0.25, -0.2) is 12.8 Å². The second kappa shape index (κ2) is 9.00. The van der Waals surface area contributed by atoms with E-state index < -0.39 is 15.8 Å². The van der Waals surface area contributed by atoms with E-state index in [-0.39, 0.29) is 55.5 Å². The highest BCUT2D eigenvalue weighted by Crippen LogP contribution is 2.24. The molecular formula is C19H25FN2O5S. The van der Waals surface area contributed by atoms with Gasteiger partial charge in [-0.05, 0) is 31.0 Å². The predicted molar refractivity (Wildman–Crippen MR) is 99.3 cm³/mol. The summed E-state index contributed by atoms with van der Waals surface area (Å²) < 4.78 is 44.9. The number of hydrogen-bond acceptors (Lipinski definition) is 5. The molecule has 0 unspecified atom stereocenters. The topological polar surface area (TPSA) is 84.0 Å². The number of piperazine rings is 1. The molecule has 1 aliphatic heterocycles. The van der Waals surface area contributed by atoms with Crippen LogP contribution >= 0.6 is 0 Å². The van der Waals surface area contributed by atoms with Crippen molar-refractivity contribution >= 4 is 21.9 Å². The molecule has 0 bridgehead atoms. The first-order valence-electron chi connectivity index (χ1n) is 9.58. The molecule has 7 nitrogen and oxygen atoms in total. The van der Waals surface area contributed by atoms with Crippen LogP contribution in [0.5, 0.6) is 0 Å². The fourth-order valence-corrected chi connectivity index (χ4v) is 5.09. The fourth-order valence-electron chi connectivity index (χ4n) is 3.63. The maximum absolute atomic E-state index is 13.3. The van der Waals surface area contributed by atoms with E-state index in [9.17, 15) is 22.4 Å². The number of sulfonamides is 1. The molecule has 0 atom stereocenters. The Kier molecular flexibility index (Phi) is 6.66. The monoisotopic (exact) mass is 412 g/mol. The molecular weight excluding hydrogens is 387 g/mol. The lowest BCUT2D eigenvalue weighted by atomic mass is 9.89.